The van der Waals surface area contributed by atoms with E-state index in [-0.39, 0.29) is 12.1 Å². The van der Waals surface area contributed by atoms with E-state index in [1.54, 1.807) is 7.11 Å². The maximum absolute atomic E-state index is 5.94. The fourth-order valence-electron chi connectivity index (χ4n) is 3.77. The van der Waals surface area contributed by atoms with Crippen molar-refractivity contribution in [3.8, 4) is 11.5 Å². The third-order valence-corrected chi connectivity index (χ3v) is 5.05. The summed E-state index contributed by atoms with van der Waals surface area (Å²) in [5.41, 5.74) is 2.21. The van der Waals surface area contributed by atoms with Crippen LogP contribution in [0.1, 0.15) is 49.8 Å². The van der Waals surface area contributed by atoms with Crippen molar-refractivity contribution in [2.24, 2.45) is 0 Å². The quantitative estimate of drug-likeness (QED) is 0.670. The molecule has 7 heteroatoms. The van der Waals surface area contributed by atoms with Gasteiger partial charge in [0.1, 0.15) is 11.6 Å². The molecule has 2 aromatic rings. The number of aromatic nitrogens is 2. The second-order valence-electron chi connectivity index (χ2n) is 7.66. The van der Waals surface area contributed by atoms with Crippen LogP contribution in [0.15, 0.2) is 24.3 Å². The lowest BCUT2D eigenvalue weighted by Gasteiger charge is -2.24. The molecule has 0 bridgehead atoms. The van der Waals surface area contributed by atoms with E-state index >= 15 is 0 Å². The molecule has 1 fully saturated rings. The molecule has 1 unspecified atom stereocenters. The predicted molar refractivity (Wildman–Crippen MR) is 115 cm³/mol. The van der Waals surface area contributed by atoms with Crippen molar-refractivity contribution in [1.29, 1.82) is 0 Å². The van der Waals surface area contributed by atoms with Crippen LogP contribution >= 0.6 is 0 Å². The molecule has 2 N–H and O–H groups in total. The van der Waals surface area contributed by atoms with Gasteiger partial charge in [-0.1, -0.05) is 6.07 Å². The summed E-state index contributed by atoms with van der Waals surface area (Å²) in [5.74, 6) is 3.32. The standard InChI is InChI=1S/C22H33N5O2/c1-15(2)29-20-11-16(8-9-19(20)28-5)14-27-10-6-7-18(27)22-25-17(13-23-3)12-21(24-4)26-22/h8-9,11-12,15,18,23H,6-7,10,13-14H2,1-5H3,(H,24,25,26). The molecule has 158 valence electrons. The van der Waals surface area contributed by atoms with Crippen molar-refractivity contribution >= 4 is 5.82 Å². The number of nitrogens with zero attached hydrogens (tertiary/aromatic N) is 3. The van der Waals surface area contributed by atoms with E-state index in [0.717, 1.165) is 61.3 Å². The fourth-order valence-corrected chi connectivity index (χ4v) is 3.77. The molecule has 7 nitrogen and oxygen atoms in total. The summed E-state index contributed by atoms with van der Waals surface area (Å²) < 4.78 is 11.4. The zero-order valence-electron chi connectivity index (χ0n) is 18.2. The van der Waals surface area contributed by atoms with E-state index in [1.807, 2.05) is 40.1 Å². The Bertz CT molecular complexity index is 812. The summed E-state index contributed by atoms with van der Waals surface area (Å²) in [7, 11) is 5.51. The summed E-state index contributed by atoms with van der Waals surface area (Å²) in [4.78, 5) is 12.0. The van der Waals surface area contributed by atoms with Gasteiger partial charge in [-0.2, -0.15) is 0 Å². The van der Waals surface area contributed by atoms with Gasteiger partial charge in [-0.05, 0) is 58.0 Å². The summed E-state index contributed by atoms with van der Waals surface area (Å²) >= 11 is 0. The van der Waals surface area contributed by atoms with Gasteiger partial charge in [0.2, 0.25) is 0 Å². The first-order chi connectivity index (χ1) is 14.0. The Labute approximate surface area is 173 Å². The van der Waals surface area contributed by atoms with E-state index in [1.165, 1.54) is 5.56 Å². The molecule has 3 rings (SSSR count). The van der Waals surface area contributed by atoms with Crippen molar-refractivity contribution in [2.45, 2.75) is 51.9 Å². The maximum atomic E-state index is 5.94. The van der Waals surface area contributed by atoms with E-state index in [4.69, 9.17) is 19.4 Å². The lowest BCUT2D eigenvalue weighted by Crippen LogP contribution is -2.25. The van der Waals surface area contributed by atoms with E-state index < -0.39 is 0 Å². The molecule has 1 aromatic carbocycles. The van der Waals surface area contributed by atoms with E-state index in [9.17, 15) is 0 Å². The van der Waals surface area contributed by atoms with Crippen molar-refractivity contribution in [3.05, 3.63) is 41.3 Å². The molecule has 0 aliphatic carbocycles. The van der Waals surface area contributed by atoms with Crippen LogP contribution in [-0.2, 0) is 13.1 Å². The minimum Gasteiger partial charge on any atom is -0.493 e. The van der Waals surface area contributed by atoms with Gasteiger partial charge >= 0.3 is 0 Å². The van der Waals surface area contributed by atoms with Gasteiger partial charge in [-0.25, -0.2) is 9.97 Å². The van der Waals surface area contributed by atoms with Gasteiger partial charge in [-0.15, -0.1) is 0 Å². The fraction of sp³-hybridized carbons (Fsp3) is 0.545. The van der Waals surface area contributed by atoms with Crippen LogP contribution in [0.25, 0.3) is 0 Å². The van der Waals surface area contributed by atoms with E-state index in [0.29, 0.717) is 0 Å². The molecule has 2 heterocycles. The maximum Gasteiger partial charge on any atom is 0.161 e. The molecule has 0 saturated carbocycles. The summed E-state index contributed by atoms with van der Waals surface area (Å²) in [6.07, 6.45) is 2.31. The second kappa shape index (κ2) is 9.89. The SMILES string of the molecule is CNCc1cc(NC)nc(C2CCCN2Cc2ccc(OC)c(OC(C)C)c2)n1. The Morgan fingerprint density at radius 2 is 2.00 bits per heavy atom. The lowest BCUT2D eigenvalue weighted by molar-refractivity contribution is 0.225. The minimum atomic E-state index is 0.0990. The normalized spacial score (nSPS) is 17.0. The monoisotopic (exact) mass is 399 g/mol. The topological polar surface area (TPSA) is 71.5 Å². The average molecular weight is 400 g/mol. The number of hydrogen-bond donors (Lipinski definition) is 2. The average Bonchev–Trinajstić information content (AvgIpc) is 3.16. The van der Waals surface area contributed by atoms with Crippen LogP contribution in [0, 0.1) is 0 Å². The number of methoxy groups -OCH3 is 1. The molecule has 1 atom stereocenters. The molecule has 1 aliphatic rings. The Kier molecular flexibility index (Phi) is 7.28. The highest BCUT2D eigenvalue weighted by molar-refractivity contribution is 5.43. The van der Waals surface area contributed by atoms with Gasteiger partial charge in [-0.3, -0.25) is 4.90 Å². The number of nitrogens with one attached hydrogen (secondary N) is 2. The summed E-state index contributed by atoms with van der Waals surface area (Å²) in [5, 5.41) is 6.34. The van der Waals surface area contributed by atoms with Crippen molar-refractivity contribution in [2.75, 3.05) is 33.1 Å². The summed E-state index contributed by atoms with van der Waals surface area (Å²) in [6, 6.07) is 8.40. The lowest BCUT2D eigenvalue weighted by atomic mass is 10.1. The van der Waals surface area contributed by atoms with Crippen LogP contribution in [-0.4, -0.2) is 48.7 Å². The molecule has 29 heavy (non-hydrogen) atoms. The Morgan fingerprint density at radius 1 is 1.17 bits per heavy atom. The highest BCUT2D eigenvalue weighted by atomic mass is 16.5. The Hall–Kier alpha value is -2.38. The zero-order chi connectivity index (χ0) is 20.8. The zero-order valence-corrected chi connectivity index (χ0v) is 18.2. The molecule has 0 radical (unpaired) electrons. The van der Waals surface area contributed by atoms with E-state index in [2.05, 4.69) is 27.7 Å². The van der Waals surface area contributed by atoms with Gasteiger partial charge < -0.3 is 20.1 Å². The molecular formula is C22H33N5O2. The smallest absolute Gasteiger partial charge is 0.161 e. The minimum absolute atomic E-state index is 0.0990. The molecule has 1 aliphatic heterocycles. The third kappa shape index (κ3) is 5.36. The first-order valence-corrected chi connectivity index (χ1v) is 10.3. The number of likely N-dealkylation sites (tertiary alicyclic amines) is 1. The highest BCUT2D eigenvalue weighted by Crippen LogP contribution is 2.34. The Morgan fingerprint density at radius 3 is 2.69 bits per heavy atom. The highest BCUT2D eigenvalue weighted by Gasteiger charge is 2.29. The number of anilines is 1. The van der Waals surface area contributed by atoms with Crippen LogP contribution < -0.4 is 20.1 Å². The van der Waals surface area contributed by atoms with Gasteiger partial charge in [0.15, 0.2) is 11.5 Å². The second-order valence-corrected chi connectivity index (χ2v) is 7.66. The largest absolute Gasteiger partial charge is 0.493 e. The van der Waals surface area contributed by atoms with Crippen LogP contribution in [0.4, 0.5) is 5.82 Å². The number of benzene rings is 1. The van der Waals surface area contributed by atoms with Crippen LogP contribution in [0.5, 0.6) is 11.5 Å². The van der Waals surface area contributed by atoms with Crippen molar-refractivity contribution in [1.82, 2.24) is 20.2 Å². The first kappa shape index (κ1) is 21.3. The van der Waals surface area contributed by atoms with Crippen LogP contribution in [0.3, 0.4) is 0 Å². The van der Waals surface area contributed by atoms with Gasteiger partial charge in [0.05, 0.1) is 24.9 Å². The first-order valence-electron chi connectivity index (χ1n) is 10.3. The third-order valence-electron chi connectivity index (χ3n) is 5.05. The van der Waals surface area contributed by atoms with Crippen LogP contribution in [0.2, 0.25) is 0 Å². The number of rotatable bonds is 9. The van der Waals surface area contributed by atoms with Gasteiger partial charge in [0.25, 0.3) is 0 Å². The molecular weight excluding hydrogens is 366 g/mol. The summed E-state index contributed by atoms with van der Waals surface area (Å²) in [6.45, 7) is 6.64. The Balaban J connectivity index is 1.82. The number of hydrogen-bond acceptors (Lipinski definition) is 7. The molecule has 1 aromatic heterocycles. The predicted octanol–water partition coefficient (Wildman–Crippen LogP) is 3.37. The van der Waals surface area contributed by atoms with Crippen molar-refractivity contribution in [3.63, 3.8) is 0 Å². The van der Waals surface area contributed by atoms with Gasteiger partial charge in [0, 0.05) is 26.2 Å². The van der Waals surface area contributed by atoms with Crippen molar-refractivity contribution < 1.29 is 9.47 Å². The molecule has 0 spiro atoms. The molecule has 0 amide bonds. The number of ether oxygens (including phenoxy) is 2. The molecule has 1 saturated heterocycles.